The topological polar surface area (TPSA) is 61.1 Å². The summed E-state index contributed by atoms with van der Waals surface area (Å²) in [5, 5.41) is -0.610. The van der Waals surface area contributed by atoms with Crippen LogP contribution in [0.1, 0.15) is 32.0 Å². The van der Waals surface area contributed by atoms with Crippen molar-refractivity contribution in [1.29, 1.82) is 0 Å². The van der Waals surface area contributed by atoms with Crippen LogP contribution < -0.4 is 11.2 Å². The highest BCUT2D eigenvalue weighted by Gasteiger charge is 2.38. The van der Waals surface area contributed by atoms with Crippen LogP contribution in [0, 0.1) is 5.82 Å². The largest absolute Gasteiger partial charge is 0.432 e. The molecule has 0 fully saturated rings. The van der Waals surface area contributed by atoms with Crippen LogP contribution in [0.15, 0.2) is 26.6 Å². The third-order valence-electron chi connectivity index (χ3n) is 4.30. The van der Waals surface area contributed by atoms with Crippen molar-refractivity contribution in [3.05, 3.63) is 55.1 Å². The quantitative estimate of drug-likeness (QED) is 0.508. The van der Waals surface area contributed by atoms with Crippen molar-refractivity contribution in [2.75, 3.05) is 0 Å². The highest BCUT2D eigenvalue weighted by molar-refractivity contribution is 8.00. The van der Waals surface area contributed by atoms with E-state index in [1.807, 2.05) is 0 Å². The molecule has 29 heavy (non-hydrogen) atoms. The lowest BCUT2D eigenvalue weighted by Crippen LogP contribution is -2.44. The normalized spacial score (nSPS) is 12.9. The molecule has 1 aromatic carbocycles. The van der Waals surface area contributed by atoms with E-state index in [0.717, 1.165) is 30.9 Å². The van der Waals surface area contributed by atoms with Gasteiger partial charge in [-0.25, -0.2) is 13.8 Å². The maximum absolute atomic E-state index is 14.6. The minimum atomic E-state index is -4.94. The Balaban J connectivity index is 2.85. The number of alkyl halides is 3. The van der Waals surface area contributed by atoms with Crippen molar-refractivity contribution >= 4 is 29.1 Å². The number of ketones is 1. The zero-order valence-electron chi connectivity index (χ0n) is 15.9. The number of rotatable bonds is 5. The summed E-state index contributed by atoms with van der Waals surface area (Å²) in [5.41, 5.74) is -5.20. The molecule has 0 amide bonds. The molecule has 1 heterocycles. The van der Waals surface area contributed by atoms with Gasteiger partial charge in [0.25, 0.3) is 5.56 Å². The van der Waals surface area contributed by atoms with Crippen molar-refractivity contribution in [3.63, 3.8) is 0 Å². The summed E-state index contributed by atoms with van der Waals surface area (Å²) in [7, 11) is 0.863. The second kappa shape index (κ2) is 8.35. The smallest absolute Gasteiger partial charge is 0.299 e. The maximum atomic E-state index is 14.6. The Morgan fingerprint density at radius 3 is 2.34 bits per heavy atom. The molecule has 0 saturated heterocycles. The molecule has 5 nitrogen and oxygen atoms in total. The van der Waals surface area contributed by atoms with Crippen molar-refractivity contribution in [2.24, 2.45) is 7.05 Å². The Kier molecular flexibility index (Phi) is 6.68. The van der Waals surface area contributed by atoms with E-state index in [0.29, 0.717) is 4.57 Å². The molecule has 1 atom stereocenters. The van der Waals surface area contributed by atoms with Gasteiger partial charge in [-0.15, -0.1) is 11.8 Å². The monoisotopic (exact) mass is 452 g/mol. The van der Waals surface area contributed by atoms with E-state index < -0.39 is 45.4 Å². The fourth-order valence-corrected chi connectivity index (χ4v) is 3.90. The number of Topliss-reactive ketones (excluding diaryl/α,β-unsaturated/α-hetero) is 1. The average Bonchev–Trinajstić information content (AvgIpc) is 2.60. The molecule has 0 radical (unpaired) electrons. The molecular formula is C18H17ClF4N2O3S. The molecule has 11 heteroatoms. The summed E-state index contributed by atoms with van der Waals surface area (Å²) in [6.07, 6.45) is -5.26. The van der Waals surface area contributed by atoms with E-state index in [9.17, 15) is 31.9 Å². The zero-order chi connectivity index (χ0) is 22.3. The van der Waals surface area contributed by atoms with Gasteiger partial charge in [-0.3, -0.25) is 14.2 Å². The van der Waals surface area contributed by atoms with Gasteiger partial charge in [-0.05, 0) is 32.4 Å². The number of benzene rings is 1. The van der Waals surface area contributed by atoms with E-state index in [4.69, 9.17) is 11.6 Å². The van der Waals surface area contributed by atoms with Gasteiger partial charge in [-0.2, -0.15) is 13.2 Å². The minimum Gasteiger partial charge on any atom is -0.299 e. The van der Waals surface area contributed by atoms with Crippen LogP contribution in [0.2, 0.25) is 5.02 Å². The number of carbonyl (C=O) groups excluding carboxylic acids is 1. The molecule has 0 aliphatic heterocycles. The highest BCUT2D eigenvalue weighted by atomic mass is 35.5. The fraction of sp³-hybridized carbons (Fsp3) is 0.389. The summed E-state index contributed by atoms with van der Waals surface area (Å²) < 4.78 is 55.3. The Morgan fingerprint density at radius 2 is 1.86 bits per heavy atom. The van der Waals surface area contributed by atoms with Crippen LogP contribution in [-0.2, 0) is 24.4 Å². The molecule has 0 aliphatic carbocycles. The first kappa shape index (κ1) is 23.2. The summed E-state index contributed by atoms with van der Waals surface area (Å²) >= 11 is 6.98. The Labute approximate surface area is 172 Å². The molecule has 2 aromatic rings. The SMILES string of the molecule is CCc1c(C(F)(F)F)n(C)c(=O)n(-c2cc(SC(C)C(C)=O)c(Cl)cc2F)c1=O. The standard InChI is InChI=1S/C18H17ClF4N2O3S/c1-5-10-15(18(21,22)23)24(4)17(28)25(16(10)27)13-7-14(11(19)6-12(13)20)29-9(3)8(2)26/h6-7,9H,5H2,1-4H3. The van der Waals surface area contributed by atoms with Crippen molar-refractivity contribution < 1.29 is 22.4 Å². The predicted molar refractivity (Wildman–Crippen MR) is 103 cm³/mol. The molecule has 2 rings (SSSR count). The summed E-state index contributed by atoms with van der Waals surface area (Å²) in [5.74, 6) is -1.25. The first-order valence-electron chi connectivity index (χ1n) is 8.39. The summed E-state index contributed by atoms with van der Waals surface area (Å²) in [6, 6.07) is 1.93. The van der Waals surface area contributed by atoms with Crippen molar-refractivity contribution in [2.45, 2.75) is 43.5 Å². The molecule has 158 valence electrons. The van der Waals surface area contributed by atoms with Crippen LogP contribution in [0.5, 0.6) is 0 Å². The van der Waals surface area contributed by atoms with Crippen LogP contribution >= 0.6 is 23.4 Å². The average molecular weight is 453 g/mol. The zero-order valence-corrected chi connectivity index (χ0v) is 17.4. The first-order valence-corrected chi connectivity index (χ1v) is 9.65. The number of hydrogen-bond acceptors (Lipinski definition) is 4. The Hall–Kier alpha value is -2.07. The molecule has 0 aliphatic rings. The maximum Gasteiger partial charge on any atom is 0.432 e. The summed E-state index contributed by atoms with van der Waals surface area (Å²) in [4.78, 5) is 37.0. The lowest BCUT2D eigenvalue weighted by Gasteiger charge is -2.19. The van der Waals surface area contributed by atoms with Gasteiger partial charge in [-0.1, -0.05) is 18.5 Å². The van der Waals surface area contributed by atoms with E-state index >= 15 is 0 Å². The van der Waals surface area contributed by atoms with Crippen LogP contribution in [0.4, 0.5) is 17.6 Å². The van der Waals surface area contributed by atoms with E-state index in [1.54, 1.807) is 6.92 Å². The number of hydrogen-bond donors (Lipinski definition) is 0. The van der Waals surface area contributed by atoms with Gasteiger partial charge in [0.1, 0.15) is 17.3 Å². The number of thioether (sulfide) groups is 1. The van der Waals surface area contributed by atoms with Crippen molar-refractivity contribution in [3.8, 4) is 5.69 Å². The van der Waals surface area contributed by atoms with Crippen LogP contribution in [-0.4, -0.2) is 20.2 Å². The van der Waals surface area contributed by atoms with Gasteiger partial charge in [0, 0.05) is 17.5 Å². The van der Waals surface area contributed by atoms with Gasteiger partial charge in [0.15, 0.2) is 0 Å². The second-order valence-corrected chi connectivity index (χ2v) is 8.06. The molecular weight excluding hydrogens is 436 g/mol. The fourth-order valence-electron chi connectivity index (χ4n) is 2.72. The second-order valence-electron chi connectivity index (χ2n) is 6.27. The van der Waals surface area contributed by atoms with E-state index in [-0.39, 0.29) is 26.7 Å². The first-order chi connectivity index (χ1) is 13.3. The molecule has 1 aromatic heterocycles. The van der Waals surface area contributed by atoms with Gasteiger partial charge < -0.3 is 0 Å². The minimum absolute atomic E-state index is 0.0585. The molecule has 1 unspecified atom stereocenters. The van der Waals surface area contributed by atoms with Gasteiger partial charge >= 0.3 is 11.9 Å². The highest BCUT2D eigenvalue weighted by Crippen LogP contribution is 2.34. The Bertz CT molecular complexity index is 1090. The summed E-state index contributed by atoms with van der Waals surface area (Å²) in [6.45, 7) is 4.26. The number of carbonyl (C=O) groups is 1. The molecule has 0 N–H and O–H groups in total. The Morgan fingerprint density at radius 1 is 1.28 bits per heavy atom. The number of nitrogens with zero attached hydrogens (tertiary/aromatic N) is 2. The van der Waals surface area contributed by atoms with Crippen LogP contribution in [0.3, 0.4) is 0 Å². The lowest BCUT2D eigenvalue weighted by atomic mass is 10.1. The number of halogens is 5. The third-order valence-corrected chi connectivity index (χ3v) is 6.00. The third kappa shape index (κ3) is 4.42. The van der Waals surface area contributed by atoms with Gasteiger partial charge in [0.2, 0.25) is 0 Å². The van der Waals surface area contributed by atoms with Crippen LogP contribution in [0.25, 0.3) is 5.69 Å². The van der Waals surface area contributed by atoms with Crippen molar-refractivity contribution in [1.82, 2.24) is 9.13 Å². The van der Waals surface area contributed by atoms with E-state index in [1.165, 1.54) is 13.8 Å². The molecule has 0 saturated carbocycles. The van der Waals surface area contributed by atoms with Gasteiger partial charge in [0.05, 0.1) is 16.0 Å². The van der Waals surface area contributed by atoms with E-state index in [2.05, 4.69) is 0 Å². The molecule has 0 spiro atoms. The lowest BCUT2D eigenvalue weighted by molar-refractivity contribution is -0.144. The number of aromatic nitrogens is 2. The predicted octanol–water partition coefficient (Wildman–Crippen LogP) is 3.98. The molecule has 0 bridgehead atoms.